The number of rotatable bonds is 5. The van der Waals surface area contributed by atoms with E-state index in [4.69, 9.17) is 14.2 Å². The lowest BCUT2D eigenvalue weighted by Crippen LogP contribution is -2.36. The summed E-state index contributed by atoms with van der Waals surface area (Å²) in [6.07, 6.45) is 9.50. The molecule has 0 radical (unpaired) electrons. The normalized spacial score (nSPS) is 29.6. The van der Waals surface area contributed by atoms with Crippen molar-refractivity contribution in [1.82, 2.24) is 19.5 Å². The van der Waals surface area contributed by atoms with Gasteiger partial charge in [0.15, 0.2) is 29.0 Å². The molecule has 1 aromatic carbocycles. The van der Waals surface area contributed by atoms with Crippen LogP contribution in [0.2, 0.25) is 0 Å². The second-order valence-corrected chi connectivity index (χ2v) is 10.4. The van der Waals surface area contributed by atoms with Gasteiger partial charge in [-0.25, -0.2) is 15.0 Å². The number of aromatic nitrogens is 4. The Morgan fingerprint density at radius 1 is 1.00 bits per heavy atom. The van der Waals surface area contributed by atoms with E-state index in [0.717, 1.165) is 17.9 Å². The van der Waals surface area contributed by atoms with E-state index in [-0.39, 0.29) is 18.8 Å². The van der Waals surface area contributed by atoms with E-state index < -0.39 is 18.1 Å². The predicted molar refractivity (Wildman–Crippen MR) is 128 cm³/mol. The first-order chi connectivity index (χ1) is 17.2. The van der Waals surface area contributed by atoms with Crippen molar-refractivity contribution in [2.45, 2.75) is 75.3 Å². The molecule has 4 atom stereocenters. The number of fused-ring (bicyclic) bond motifs is 3. The lowest BCUT2D eigenvalue weighted by Gasteiger charge is -2.27. The number of ether oxygens (including phenoxy) is 3. The molecule has 184 valence electrons. The van der Waals surface area contributed by atoms with Crippen molar-refractivity contribution < 1.29 is 19.3 Å². The lowest BCUT2D eigenvalue weighted by molar-refractivity contribution is -0.213. The van der Waals surface area contributed by atoms with Crippen molar-refractivity contribution in [1.29, 1.82) is 0 Å². The molecule has 3 fully saturated rings. The molecule has 0 unspecified atom stereocenters. The van der Waals surface area contributed by atoms with Crippen molar-refractivity contribution in [3.63, 3.8) is 0 Å². The van der Waals surface area contributed by atoms with Gasteiger partial charge in [-0.1, -0.05) is 43.5 Å². The van der Waals surface area contributed by atoms with Crippen LogP contribution >= 0.6 is 0 Å². The highest BCUT2D eigenvalue weighted by Gasteiger charge is 2.60. The minimum absolute atomic E-state index is 0.139. The van der Waals surface area contributed by atoms with Crippen LogP contribution in [-0.4, -0.2) is 61.9 Å². The fourth-order valence-corrected chi connectivity index (χ4v) is 6.38. The number of aliphatic hydroxyl groups excluding tert-OH is 1. The highest BCUT2D eigenvalue weighted by molar-refractivity contribution is 5.82. The molecule has 3 aromatic rings. The third-order valence-corrected chi connectivity index (χ3v) is 8.12. The molecule has 4 heterocycles. The standard InChI is InChI=1S/C26H31N5O4/c32-13-19-21-22(35-26(34-21)10-17-8-4-5-9-18(17)11-26)25(33-19)31-15-30-20-23(28-14-29-24(20)31)27-12-16-6-2-1-3-7-16/h4-5,8-9,14-16,19,21-22,25,32H,1-3,6-7,10-13H2,(H,27,28,29)/t19-,21-,22-,25-/m1/s1. The van der Waals surface area contributed by atoms with Gasteiger partial charge in [0.25, 0.3) is 0 Å². The Morgan fingerprint density at radius 2 is 1.77 bits per heavy atom. The summed E-state index contributed by atoms with van der Waals surface area (Å²) in [4.78, 5) is 13.7. The third-order valence-electron chi connectivity index (χ3n) is 8.12. The zero-order valence-corrected chi connectivity index (χ0v) is 19.7. The first-order valence-electron chi connectivity index (χ1n) is 12.8. The van der Waals surface area contributed by atoms with Gasteiger partial charge in [0.05, 0.1) is 12.9 Å². The maximum atomic E-state index is 10.1. The van der Waals surface area contributed by atoms with Crippen molar-refractivity contribution in [2.24, 2.45) is 5.92 Å². The van der Waals surface area contributed by atoms with Gasteiger partial charge in [0, 0.05) is 19.4 Å². The molecule has 1 spiro atoms. The van der Waals surface area contributed by atoms with Crippen LogP contribution in [0.5, 0.6) is 0 Å². The first-order valence-corrected chi connectivity index (χ1v) is 12.8. The molecule has 0 amide bonds. The summed E-state index contributed by atoms with van der Waals surface area (Å²) >= 11 is 0. The summed E-state index contributed by atoms with van der Waals surface area (Å²) in [6, 6.07) is 8.36. The van der Waals surface area contributed by atoms with Crippen LogP contribution in [0, 0.1) is 5.92 Å². The van der Waals surface area contributed by atoms with Crippen molar-refractivity contribution in [3.8, 4) is 0 Å². The van der Waals surface area contributed by atoms with Gasteiger partial charge in [-0.05, 0) is 29.9 Å². The number of hydrogen-bond donors (Lipinski definition) is 2. The highest BCUT2D eigenvalue weighted by atomic mass is 16.8. The van der Waals surface area contributed by atoms with Gasteiger partial charge in [-0.2, -0.15) is 0 Å². The van der Waals surface area contributed by atoms with Crippen LogP contribution in [0.25, 0.3) is 11.2 Å². The van der Waals surface area contributed by atoms with Crippen LogP contribution in [0.1, 0.15) is 49.5 Å². The number of nitrogens with zero attached hydrogens (tertiary/aromatic N) is 4. The van der Waals surface area contributed by atoms with E-state index >= 15 is 0 Å². The molecule has 9 heteroatoms. The SMILES string of the molecule is OC[C@H]1O[C@@H](n2cnc3c(NCC4CCCCC4)ncnc32)[C@@H]2OC3(Cc4ccccc4C3)O[C@@H]21. The van der Waals surface area contributed by atoms with Crippen LogP contribution in [0.15, 0.2) is 36.9 Å². The smallest absolute Gasteiger partial charge is 0.177 e. The number of imidazole rings is 1. The predicted octanol–water partition coefficient (Wildman–Crippen LogP) is 2.99. The van der Waals surface area contributed by atoms with Gasteiger partial charge >= 0.3 is 0 Å². The third kappa shape index (κ3) is 3.64. The van der Waals surface area contributed by atoms with E-state index in [9.17, 15) is 5.11 Å². The molecule has 4 aliphatic rings. The second-order valence-electron chi connectivity index (χ2n) is 10.4. The average Bonchev–Trinajstić information content (AvgIpc) is 3.64. The Labute approximate surface area is 203 Å². The molecule has 35 heavy (non-hydrogen) atoms. The van der Waals surface area contributed by atoms with Crippen molar-refractivity contribution >= 4 is 17.0 Å². The zero-order chi connectivity index (χ0) is 23.4. The van der Waals surface area contributed by atoms with Gasteiger partial charge in [-0.15, -0.1) is 0 Å². The summed E-state index contributed by atoms with van der Waals surface area (Å²) in [5.74, 6) is 0.710. The first kappa shape index (κ1) is 21.7. The van der Waals surface area contributed by atoms with Gasteiger partial charge < -0.3 is 24.6 Å². The highest BCUT2D eigenvalue weighted by Crippen LogP contribution is 2.48. The van der Waals surface area contributed by atoms with E-state index in [1.54, 1.807) is 12.7 Å². The number of hydrogen-bond acceptors (Lipinski definition) is 8. The van der Waals surface area contributed by atoms with Crippen LogP contribution in [-0.2, 0) is 27.1 Å². The Hall–Kier alpha value is -2.59. The molecule has 0 bridgehead atoms. The lowest BCUT2D eigenvalue weighted by atomic mass is 9.89. The molecule has 9 nitrogen and oxygen atoms in total. The Bertz CT molecular complexity index is 1200. The van der Waals surface area contributed by atoms with E-state index in [2.05, 4.69) is 32.4 Å². The minimum Gasteiger partial charge on any atom is -0.394 e. The van der Waals surface area contributed by atoms with Crippen molar-refractivity contribution in [3.05, 3.63) is 48.0 Å². The molecule has 2 aliphatic heterocycles. The molecular weight excluding hydrogens is 446 g/mol. The van der Waals surface area contributed by atoms with Crippen LogP contribution in [0.3, 0.4) is 0 Å². The second kappa shape index (κ2) is 8.51. The summed E-state index contributed by atoms with van der Waals surface area (Å²) in [7, 11) is 0. The van der Waals surface area contributed by atoms with E-state index in [1.165, 1.54) is 43.2 Å². The summed E-state index contributed by atoms with van der Waals surface area (Å²) < 4.78 is 21.3. The minimum atomic E-state index is -0.716. The summed E-state index contributed by atoms with van der Waals surface area (Å²) in [5, 5.41) is 13.6. The molecule has 2 N–H and O–H groups in total. The largest absolute Gasteiger partial charge is 0.394 e. The number of aliphatic hydroxyl groups is 1. The van der Waals surface area contributed by atoms with Crippen LogP contribution < -0.4 is 5.32 Å². The maximum absolute atomic E-state index is 10.1. The maximum Gasteiger partial charge on any atom is 0.177 e. The van der Waals surface area contributed by atoms with E-state index in [0.29, 0.717) is 24.4 Å². The summed E-state index contributed by atoms with van der Waals surface area (Å²) in [5.41, 5.74) is 3.91. The van der Waals surface area contributed by atoms with E-state index in [1.807, 2.05) is 16.7 Å². The monoisotopic (exact) mass is 477 g/mol. The fraction of sp³-hybridized carbons (Fsp3) is 0.577. The van der Waals surface area contributed by atoms with Gasteiger partial charge in [-0.3, -0.25) is 4.57 Å². The Kier molecular flexibility index (Phi) is 5.27. The zero-order valence-electron chi connectivity index (χ0n) is 19.7. The Morgan fingerprint density at radius 3 is 2.54 bits per heavy atom. The topological polar surface area (TPSA) is 104 Å². The molecular formula is C26H31N5O4. The van der Waals surface area contributed by atoms with Gasteiger partial charge in [0.1, 0.15) is 24.6 Å². The number of anilines is 1. The number of benzene rings is 1. The fourth-order valence-electron chi connectivity index (χ4n) is 6.38. The summed E-state index contributed by atoms with van der Waals surface area (Å²) in [6.45, 7) is 0.760. The molecule has 2 saturated heterocycles. The van der Waals surface area contributed by atoms with Crippen molar-refractivity contribution in [2.75, 3.05) is 18.5 Å². The van der Waals surface area contributed by atoms with Crippen LogP contribution in [0.4, 0.5) is 5.82 Å². The Balaban J connectivity index is 1.15. The molecule has 7 rings (SSSR count). The molecule has 2 aromatic heterocycles. The quantitative estimate of drug-likeness (QED) is 0.578. The molecule has 1 saturated carbocycles. The average molecular weight is 478 g/mol. The molecule has 2 aliphatic carbocycles. The van der Waals surface area contributed by atoms with Gasteiger partial charge in [0.2, 0.25) is 0 Å². The number of nitrogens with one attached hydrogen (secondary N) is 1.